The van der Waals surface area contributed by atoms with Gasteiger partial charge in [0.15, 0.2) is 5.69 Å². The molecule has 2 heterocycles. The highest BCUT2D eigenvalue weighted by Crippen LogP contribution is 2.26. The Kier molecular flexibility index (Phi) is 6.33. The highest BCUT2D eigenvalue weighted by molar-refractivity contribution is 6.30. The molecule has 0 bridgehead atoms. The summed E-state index contributed by atoms with van der Waals surface area (Å²) in [4.78, 5) is 15.0. The number of hydrogen-bond donors (Lipinski definition) is 1. The third-order valence-electron chi connectivity index (χ3n) is 5.66. The van der Waals surface area contributed by atoms with Gasteiger partial charge in [0.2, 0.25) is 0 Å². The Hall–Kier alpha value is -2.15. The number of allylic oxidation sites excluding steroid dienone is 1. The summed E-state index contributed by atoms with van der Waals surface area (Å²) >= 11 is 5.98. The zero-order chi connectivity index (χ0) is 20.2. The molecule has 1 amide bonds. The van der Waals surface area contributed by atoms with Gasteiger partial charge in [0.1, 0.15) is 0 Å². The summed E-state index contributed by atoms with van der Waals surface area (Å²) in [5.41, 5.74) is 4.06. The molecule has 1 aliphatic heterocycles. The van der Waals surface area contributed by atoms with Crippen LogP contribution in [0.4, 0.5) is 0 Å². The Morgan fingerprint density at radius 2 is 2.07 bits per heavy atom. The molecule has 29 heavy (non-hydrogen) atoms. The van der Waals surface area contributed by atoms with E-state index in [1.165, 1.54) is 11.3 Å². The molecule has 0 spiro atoms. The predicted octanol–water partition coefficient (Wildman–Crippen LogP) is 2.84. The maximum Gasteiger partial charge on any atom is 0.274 e. The monoisotopic (exact) mass is 414 g/mol. The molecule has 6 nitrogen and oxygen atoms in total. The van der Waals surface area contributed by atoms with Crippen molar-refractivity contribution < 1.29 is 9.53 Å². The first kappa shape index (κ1) is 20.1. The Morgan fingerprint density at radius 1 is 1.31 bits per heavy atom. The SMILES string of the molecule is C=CCn1nc(C(=O)N2CCOCC2)c2c1CC[C@H](NCc1ccc(Cl)cc1)C2. The van der Waals surface area contributed by atoms with Crippen LogP contribution in [0, 0.1) is 0 Å². The van der Waals surface area contributed by atoms with Crippen LogP contribution in [-0.2, 0) is 30.7 Å². The lowest BCUT2D eigenvalue weighted by Crippen LogP contribution is -2.41. The maximum atomic E-state index is 13.1. The number of nitrogens with zero attached hydrogens (tertiary/aromatic N) is 3. The minimum absolute atomic E-state index is 0.0192. The van der Waals surface area contributed by atoms with Crippen LogP contribution in [0.1, 0.15) is 33.7 Å². The molecule has 1 aliphatic carbocycles. The van der Waals surface area contributed by atoms with Crippen LogP contribution in [0.2, 0.25) is 5.02 Å². The number of fused-ring (bicyclic) bond motifs is 1. The molecule has 0 unspecified atom stereocenters. The number of ether oxygens (including phenoxy) is 1. The quantitative estimate of drug-likeness (QED) is 0.738. The highest BCUT2D eigenvalue weighted by atomic mass is 35.5. The molecule has 1 saturated heterocycles. The number of carbonyl (C=O) groups is 1. The second-order valence-electron chi connectivity index (χ2n) is 7.60. The van der Waals surface area contributed by atoms with E-state index in [2.05, 4.69) is 11.9 Å². The number of carbonyl (C=O) groups excluding carboxylic acids is 1. The molecule has 1 fully saturated rings. The summed E-state index contributed by atoms with van der Waals surface area (Å²) in [5.74, 6) is 0.0192. The average molecular weight is 415 g/mol. The number of amides is 1. The van der Waals surface area contributed by atoms with Gasteiger partial charge in [-0.25, -0.2) is 0 Å². The number of halogens is 1. The van der Waals surface area contributed by atoms with Crippen LogP contribution >= 0.6 is 11.6 Å². The van der Waals surface area contributed by atoms with Crippen molar-refractivity contribution in [3.63, 3.8) is 0 Å². The molecule has 2 aliphatic rings. The van der Waals surface area contributed by atoms with Crippen molar-refractivity contribution in [2.75, 3.05) is 26.3 Å². The molecular formula is C22H27ClN4O2. The highest BCUT2D eigenvalue weighted by Gasteiger charge is 2.31. The van der Waals surface area contributed by atoms with Crippen LogP contribution in [0.25, 0.3) is 0 Å². The molecule has 154 valence electrons. The zero-order valence-corrected chi connectivity index (χ0v) is 17.3. The summed E-state index contributed by atoms with van der Waals surface area (Å²) in [6, 6.07) is 8.22. The molecule has 2 aromatic rings. The fourth-order valence-corrected chi connectivity index (χ4v) is 4.21. The van der Waals surface area contributed by atoms with Gasteiger partial charge < -0.3 is 15.0 Å². The van der Waals surface area contributed by atoms with E-state index in [9.17, 15) is 4.79 Å². The van der Waals surface area contributed by atoms with Crippen molar-refractivity contribution in [3.8, 4) is 0 Å². The maximum absolute atomic E-state index is 13.1. The largest absolute Gasteiger partial charge is 0.378 e. The Morgan fingerprint density at radius 3 is 2.79 bits per heavy atom. The van der Waals surface area contributed by atoms with Crippen LogP contribution in [0.15, 0.2) is 36.9 Å². The van der Waals surface area contributed by atoms with E-state index >= 15 is 0 Å². The van der Waals surface area contributed by atoms with Crippen LogP contribution in [0.3, 0.4) is 0 Å². The average Bonchev–Trinajstić information content (AvgIpc) is 3.11. The third-order valence-corrected chi connectivity index (χ3v) is 5.91. The first-order valence-electron chi connectivity index (χ1n) is 10.2. The third kappa shape index (κ3) is 4.55. The molecule has 0 saturated carbocycles. The van der Waals surface area contributed by atoms with E-state index in [1.807, 2.05) is 39.9 Å². The van der Waals surface area contributed by atoms with Gasteiger partial charge in [-0.15, -0.1) is 6.58 Å². The van der Waals surface area contributed by atoms with Crippen LogP contribution < -0.4 is 5.32 Å². The number of benzene rings is 1. The van der Waals surface area contributed by atoms with Gasteiger partial charge in [0.05, 0.1) is 19.8 Å². The zero-order valence-electron chi connectivity index (χ0n) is 16.6. The number of morpholine rings is 1. The second-order valence-corrected chi connectivity index (χ2v) is 8.03. The van der Waals surface area contributed by atoms with Gasteiger partial charge >= 0.3 is 0 Å². The molecule has 1 atom stereocenters. The normalized spacial score (nSPS) is 19.1. The number of rotatable bonds is 6. The van der Waals surface area contributed by atoms with Gasteiger partial charge in [-0.2, -0.15) is 5.10 Å². The van der Waals surface area contributed by atoms with Crippen molar-refractivity contribution >= 4 is 17.5 Å². The van der Waals surface area contributed by atoms with E-state index in [0.717, 1.165) is 36.4 Å². The van der Waals surface area contributed by atoms with Gasteiger partial charge in [-0.05, 0) is 37.0 Å². The van der Waals surface area contributed by atoms with Crippen molar-refractivity contribution in [1.29, 1.82) is 0 Å². The van der Waals surface area contributed by atoms with Crippen LogP contribution in [0.5, 0.6) is 0 Å². The Labute approximate surface area is 176 Å². The fourth-order valence-electron chi connectivity index (χ4n) is 4.09. The van der Waals surface area contributed by atoms with Crippen molar-refractivity contribution in [2.24, 2.45) is 0 Å². The van der Waals surface area contributed by atoms with Crippen molar-refractivity contribution in [2.45, 2.75) is 38.4 Å². The molecule has 1 aromatic heterocycles. The molecular weight excluding hydrogens is 388 g/mol. The molecule has 0 radical (unpaired) electrons. The van der Waals surface area contributed by atoms with E-state index in [1.54, 1.807) is 0 Å². The first-order valence-corrected chi connectivity index (χ1v) is 10.6. The van der Waals surface area contributed by atoms with E-state index in [0.29, 0.717) is 44.6 Å². The lowest BCUT2D eigenvalue weighted by molar-refractivity contribution is 0.0297. The summed E-state index contributed by atoms with van der Waals surface area (Å²) < 4.78 is 7.34. The van der Waals surface area contributed by atoms with Gasteiger partial charge in [-0.3, -0.25) is 9.48 Å². The fraction of sp³-hybridized carbons (Fsp3) is 0.455. The second kappa shape index (κ2) is 9.11. The van der Waals surface area contributed by atoms with Crippen LogP contribution in [-0.4, -0.2) is 52.9 Å². The summed E-state index contributed by atoms with van der Waals surface area (Å²) in [7, 11) is 0. The topological polar surface area (TPSA) is 59.4 Å². The van der Waals surface area contributed by atoms with Gasteiger partial charge in [0, 0.05) is 42.0 Å². The molecule has 7 heteroatoms. The molecule has 4 rings (SSSR count). The molecule has 1 aromatic carbocycles. The summed E-state index contributed by atoms with van der Waals surface area (Å²) in [6.45, 7) is 7.68. The van der Waals surface area contributed by atoms with Crippen molar-refractivity contribution in [1.82, 2.24) is 20.0 Å². The van der Waals surface area contributed by atoms with Gasteiger partial charge in [-0.1, -0.05) is 29.8 Å². The molecule has 1 N–H and O–H groups in total. The predicted molar refractivity (Wildman–Crippen MR) is 113 cm³/mol. The number of aromatic nitrogens is 2. The number of hydrogen-bond acceptors (Lipinski definition) is 4. The van der Waals surface area contributed by atoms with E-state index in [4.69, 9.17) is 21.4 Å². The number of nitrogens with one attached hydrogen (secondary N) is 1. The first-order chi connectivity index (χ1) is 14.2. The van der Waals surface area contributed by atoms with E-state index in [-0.39, 0.29) is 5.91 Å². The summed E-state index contributed by atoms with van der Waals surface area (Å²) in [5, 5.41) is 9.08. The van der Waals surface area contributed by atoms with Crippen molar-refractivity contribution in [3.05, 3.63) is 64.5 Å². The minimum atomic E-state index is 0.0192. The lowest BCUT2D eigenvalue weighted by Gasteiger charge is -2.28. The van der Waals surface area contributed by atoms with E-state index < -0.39 is 0 Å². The standard InChI is InChI=1S/C22H27ClN4O2/c1-2-9-27-20-8-7-18(24-15-16-3-5-17(23)6-4-16)14-19(20)21(25-27)22(28)26-10-12-29-13-11-26/h2-6,18,24H,1,7-15H2/t18-/m0/s1. The van der Waals surface area contributed by atoms with Gasteiger partial charge in [0.25, 0.3) is 5.91 Å². The smallest absolute Gasteiger partial charge is 0.274 e. The lowest BCUT2D eigenvalue weighted by atomic mass is 9.91. The minimum Gasteiger partial charge on any atom is -0.378 e. The summed E-state index contributed by atoms with van der Waals surface area (Å²) in [6.07, 6.45) is 4.58. The Bertz CT molecular complexity index is 872. The Balaban J connectivity index is 1.51.